The number of aromatic nitrogens is 6. The molecule has 0 amide bonds. The summed E-state index contributed by atoms with van der Waals surface area (Å²) in [5, 5.41) is 24.4. The fourth-order valence-corrected chi connectivity index (χ4v) is 7.70. The minimum atomic E-state index is -0.490. The predicted molar refractivity (Wildman–Crippen MR) is 215 cm³/mol. The van der Waals surface area contributed by atoms with Gasteiger partial charge in [-0.25, -0.2) is 23.4 Å². The van der Waals surface area contributed by atoms with Crippen LogP contribution < -0.4 is 21.3 Å². The number of pyridine rings is 2. The predicted octanol–water partition coefficient (Wildman–Crippen LogP) is 7.00. The van der Waals surface area contributed by atoms with Crippen LogP contribution in [0.4, 0.5) is 43.4 Å². The number of nitrogens with one attached hydrogen (secondary N) is 5. The minimum Gasteiger partial charge on any atom is -0.468 e. The molecular weight excluding hydrogens is 751 g/mol. The third-order valence-corrected chi connectivity index (χ3v) is 10.6. The zero-order valence-electron chi connectivity index (χ0n) is 32.2. The van der Waals surface area contributed by atoms with Gasteiger partial charge < -0.3 is 35.5 Å². The molecule has 1 saturated heterocycles. The largest absolute Gasteiger partial charge is 0.468 e. The van der Waals surface area contributed by atoms with Crippen LogP contribution in [0.15, 0.2) is 48.5 Å². The first-order valence-corrected chi connectivity index (χ1v) is 19.4. The van der Waals surface area contributed by atoms with Crippen molar-refractivity contribution in [1.29, 1.82) is 0 Å². The van der Waals surface area contributed by atoms with Gasteiger partial charge in [-0.15, -0.1) is 0 Å². The zero-order valence-corrected chi connectivity index (χ0v) is 32.2. The number of benzene rings is 2. The lowest BCUT2D eigenvalue weighted by atomic mass is 10.1. The standard InChI is InChI=1S/C23H26FN5O3.C18H18FN5O2/c1-31-20(30)13-25-21-16-12-17(24)22(26-18-9-5-7-14-6-4-8-15(14)18)27-23(16)29(28-21)19-10-2-3-11-32-19;1-26-15(25)9-20-16-12-8-13(19)18(22-17(12)24-23-16)21-14-7-3-5-10-4-2-6-11(10)14/h5,7,9,12,19H,2-4,6,8,10-11,13H2,1H3,(H,25,28)(H,26,27);3,5,7-8H,2,4,6,9H2,1H3,(H3,20,21,22,23,24). The highest BCUT2D eigenvalue weighted by Gasteiger charge is 2.25. The van der Waals surface area contributed by atoms with Crippen molar-refractivity contribution in [3.05, 3.63) is 82.4 Å². The maximum atomic E-state index is 15.1. The van der Waals surface area contributed by atoms with E-state index in [4.69, 9.17) is 9.47 Å². The fourth-order valence-electron chi connectivity index (χ4n) is 7.70. The van der Waals surface area contributed by atoms with Crippen molar-refractivity contribution in [2.45, 2.75) is 64.0 Å². The summed E-state index contributed by atoms with van der Waals surface area (Å²) in [5.41, 5.74) is 7.73. The van der Waals surface area contributed by atoms with E-state index in [0.29, 0.717) is 40.3 Å². The molecule has 5 N–H and O–H groups in total. The summed E-state index contributed by atoms with van der Waals surface area (Å²) in [4.78, 5) is 31.8. The molecule has 9 rings (SSSR count). The molecular formula is C41H44F2N10O5. The summed E-state index contributed by atoms with van der Waals surface area (Å²) in [7, 11) is 2.61. The Morgan fingerprint density at radius 1 is 0.776 bits per heavy atom. The number of aromatic amines is 1. The van der Waals surface area contributed by atoms with Crippen LogP contribution in [-0.2, 0) is 49.5 Å². The molecule has 2 aromatic carbocycles. The van der Waals surface area contributed by atoms with E-state index in [-0.39, 0.29) is 31.0 Å². The second-order valence-corrected chi connectivity index (χ2v) is 14.3. The van der Waals surface area contributed by atoms with E-state index in [0.717, 1.165) is 69.2 Å². The smallest absolute Gasteiger partial charge is 0.325 e. The number of H-pyrrole nitrogens is 1. The number of carbonyl (C=O) groups excluding carboxylic acids is 2. The topological polar surface area (TPSA) is 182 Å². The number of hydrogen-bond acceptors (Lipinski definition) is 13. The van der Waals surface area contributed by atoms with Gasteiger partial charge in [0.15, 0.2) is 52.4 Å². The molecule has 4 aromatic heterocycles. The molecule has 0 saturated carbocycles. The number of hydrogen-bond donors (Lipinski definition) is 5. The van der Waals surface area contributed by atoms with Crippen LogP contribution in [0, 0.1) is 11.6 Å². The van der Waals surface area contributed by atoms with E-state index < -0.39 is 23.6 Å². The summed E-state index contributed by atoms with van der Waals surface area (Å²) in [6, 6.07) is 14.8. The highest BCUT2D eigenvalue weighted by Crippen LogP contribution is 2.35. The molecule has 1 unspecified atom stereocenters. The van der Waals surface area contributed by atoms with Crippen LogP contribution in [0.3, 0.4) is 0 Å². The maximum Gasteiger partial charge on any atom is 0.325 e. The number of rotatable bonds is 11. The van der Waals surface area contributed by atoms with E-state index in [1.807, 2.05) is 24.3 Å². The molecule has 3 aliphatic rings. The summed E-state index contributed by atoms with van der Waals surface area (Å²) >= 11 is 0. The van der Waals surface area contributed by atoms with Gasteiger partial charge in [0.1, 0.15) is 13.1 Å². The Morgan fingerprint density at radius 3 is 1.98 bits per heavy atom. The number of ether oxygens (including phenoxy) is 3. The number of fused-ring (bicyclic) bond motifs is 4. The first kappa shape index (κ1) is 38.5. The van der Waals surface area contributed by atoms with Gasteiger partial charge in [-0.3, -0.25) is 14.7 Å². The normalized spacial score (nSPS) is 15.6. The second-order valence-electron chi connectivity index (χ2n) is 14.3. The van der Waals surface area contributed by atoms with E-state index in [1.165, 1.54) is 48.6 Å². The molecule has 17 heteroatoms. The van der Waals surface area contributed by atoms with Crippen molar-refractivity contribution in [3.63, 3.8) is 0 Å². The van der Waals surface area contributed by atoms with Gasteiger partial charge in [-0.2, -0.15) is 10.2 Å². The second kappa shape index (κ2) is 17.0. The van der Waals surface area contributed by atoms with Gasteiger partial charge in [0, 0.05) is 18.0 Å². The third-order valence-electron chi connectivity index (χ3n) is 10.6. The lowest BCUT2D eigenvalue weighted by Gasteiger charge is -2.23. The Morgan fingerprint density at radius 2 is 1.38 bits per heavy atom. The number of esters is 2. The highest BCUT2D eigenvalue weighted by molar-refractivity contribution is 5.91. The maximum absolute atomic E-state index is 15.1. The van der Waals surface area contributed by atoms with Gasteiger partial charge in [-0.05, 0) is 104 Å². The Hall–Kier alpha value is -6.36. The summed E-state index contributed by atoms with van der Waals surface area (Å²) in [6.07, 6.45) is 8.77. The Balaban J connectivity index is 0.000000165. The Kier molecular flexibility index (Phi) is 11.3. The van der Waals surface area contributed by atoms with Crippen LogP contribution in [-0.4, -0.2) is 75.8 Å². The van der Waals surface area contributed by atoms with Gasteiger partial charge in [0.2, 0.25) is 0 Å². The molecule has 0 spiro atoms. The SMILES string of the molecule is COC(=O)CNc1n[nH]c2nc(Nc3cccc4c3CCC4)c(F)cc12.COC(=O)CNc1nn(C2CCCCO2)c2nc(Nc3cccc4c3CCC4)c(F)cc12. The van der Waals surface area contributed by atoms with Crippen molar-refractivity contribution in [2.24, 2.45) is 0 Å². The van der Waals surface area contributed by atoms with Crippen molar-refractivity contribution in [2.75, 3.05) is 55.2 Å². The first-order chi connectivity index (χ1) is 28.3. The lowest BCUT2D eigenvalue weighted by molar-refractivity contribution is -0.139. The Labute approximate surface area is 332 Å². The molecule has 1 aliphatic heterocycles. The summed E-state index contributed by atoms with van der Waals surface area (Å²) in [5.74, 6) is -0.844. The molecule has 58 heavy (non-hydrogen) atoms. The van der Waals surface area contributed by atoms with Gasteiger partial charge in [0.25, 0.3) is 0 Å². The number of carbonyl (C=O) groups is 2. The van der Waals surface area contributed by atoms with Crippen LogP contribution in [0.5, 0.6) is 0 Å². The van der Waals surface area contributed by atoms with E-state index in [9.17, 15) is 14.0 Å². The first-order valence-electron chi connectivity index (χ1n) is 19.4. The van der Waals surface area contributed by atoms with Crippen molar-refractivity contribution < 1.29 is 32.6 Å². The van der Waals surface area contributed by atoms with E-state index >= 15 is 4.39 Å². The monoisotopic (exact) mass is 794 g/mol. The molecule has 6 aromatic rings. The number of halogens is 2. The average molecular weight is 795 g/mol. The quantitative estimate of drug-likeness (QED) is 0.0847. The van der Waals surface area contributed by atoms with Gasteiger partial charge >= 0.3 is 11.9 Å². The molecule has 302 valence electrons. The molecule has 1 fully saturated rings. The molecule has 15 nitrogen and oxygen atoms in total. The Bertz CT molecular complexity index is 2480. The van der Waals surface area contributed by atoms with Crippen molar-refractivity contribution >= 4 is 68.7 Å². The van der Waals surface area contributed by atoms with E-state index in [1.54, 1.807) is 4.68 Å². The molecule has 0 bridgehead atoms. The number of anilines is 6. The van der Waals surface area contributed by atoms with Crippen LogP contribution in [0.25, 0.3) is 22.1 Å². The molecule has 1 atom stereocenters. The fraction of sp³-hybridized carbons (Fsp3) is 0.366. The van der Waals surface area contributed by atoms with Gasteiger partial charge in [0.05, 0.1) is 25.0 Å². The third kappa shape index (κ3) is 8.07. The summed E-state index contributed by atoms with van der Waals surface area (Å²) in [6.45, 7) is 0.500. The molecule has 2 aliphatic carbocycles. The van der Waals surface area contributed by atoms with Crippen molar-refractivity contribution in [3.8, 4) is 0 Å². The lowest BCUT2D eigenvalue weighted by Crippen LogP contribution is -2.20. The van der Waals surface area contributed by atoms with Crippen LogP contribution in [0.2, 0.25) is 0 Å². The van der Waals surface area contributed by atoms with Gasteiger partial charge in [-0.1, -0.05) is 24.3 Å². The highest BCUT2D eigenvalue weighted by atomic mass is 19.1. The average Bonchev–Trinajstić information content (AvgIpc) is 4.07. The number of nitrogens with zero attached hydrogens (tertiary/aromatic N) is 5. The number of methoxy groups -OCH3 is 2. The van der Waals surface area contributed by atoms with Crippen LogP contribution >= 0.6 is 0 Å². The zero-order chi connectivity index (χ0) is 40.2. The minimum absolute atomic E-state index is 0.0613. The number of aryl methyl sites for hydroxylation is 2. The summed E-state index contributed by atoms with van der Waals surface area (Å²) < 4.78 is 46.6. The molecule has 0 radical (unpaired) electrons. The van der Waals surface area contributed by atoms with Crippen LogP contribution in [0.1, 0.15) is 60.6 Å². The van der Waals surface area contributed by atoms with Crippen molar-refractivity contribution in [1.82, 2.24) is 29.9 Å². The molecule has 5 heterocycles. The van der Waals surface area contributed by atoms with E-state index in [2.05, 4.69) is 63.4 Å².